The first-order valence-corrected chi connectivity index (χ1v) is 5.93. The fourth-order valence-electron chi connectivity index (χ4n) is 1.53. The molecule has 0 saturated carbocycles. The zero-order valence-corrected chi connectivity index (χ0v) is 10.0. The number of hydrogen-bond acceptors (Lipinski definition) is 1. The molecule has 0 amide bonds. The summed E-state index contributed by atoms with van der Waals surface area (Å²) in [5, 5.41) is 0.0885. The summed E-state index contributed by atoms with van der Waals surface area (Å²) in [5.74, 6) is 0. The molecule has 0 fully saturated rings. The maximum atomic E-state index is 6.28. The molecule has 1 atom stereocenters. The first-order valence-electron chi connectivity index (χ1n) is 5.49. The van der Waals surface area contributed by atoms with Gasteiger partial charge in [-0.15, -0.1) is 11.6 Å². The molecule has 0 rings (SSSR count). The molecule has 0 aromatic rings. The van der Waals surface area contributed by atoms with Crippen molar-refractivity contribution < 1.29 is 0 Å². The van der Waals surface area contributed by atoms with Gasteiger partial charge in [0.05, 0.1) is 0 Å². The second kappa shape index (κ2) is 6.67. The van der Waals surface area contributed by atoms with E-state index in [1.165, 1.54) is 25.7 Å². The largest absolute Gasteiger partial charge is 0.324 e. The molecule has 0 aliphatic heterocycles. The fourth-order valence-corrected chi connectivity index (χ4v) is 1.75. The minimum Gasteiger partial charge on any atom is -0.324 e. The van der Waals surface area contributed by atoms with Gasteiger partial charge in [-0.1, -0.05) is 39.5 Å². The Morgan fingerprint density at radius 1 is 1.15 bits per heavy atom. The summed E-state index contributed by atoms with van der Waals surface area (Å²) in [4.78, 5) is 0. The van der Waals surface area contributed by atoms with Crippen LogP contribution in [-0.2, 0) is 0 Å². The Labute approximate surface area is 88.0 Å². The highest BCUT2D eigenvalue weighted by molar-refractivity contribution is 6.21. The SMILES string of the molecule is CCCCC(N)(CCCC)C(C)Cl. The third-order valence-electron chi connectivity index (χ3n) is 2.78. The van der Waals surface area contributed by atoms with Gasteiger partial charge in [-0.05, 0) is 19.8 Å². The third kappa shape index (κ3) is 4.87. The molecule has 0 spiro atoms. The van der Waals surface area contributed by atoms with Crippen LogP contribution >= 0.6 is 11.6 Å². The molecule has 0 aliphatic carbocycles. The molecule has 2 N–H and O–H groups in total. The lowest BCUT2D eigenvalue weighted by atomic mass is 9.85. The molecule has 0 bridgehead atoms. The van der Waals surface area contributed by atoms with E-state index < -0.39 is 0 Å². The highest BCUT2D eigenvalue weighted by atomic mass is 35.5. The summed E-state index contributed by atoms with van der Waals surface area (Å²) >= 11 is 6.13. The van der Waals surface area contributed by atoms with Gasteiger partial charge in [-0.2, -0.15) is 0 Å². The summed E-state index contributed by atoms with van der Waals surface area (Å²) in [7, 11) is 0. The van der Waals surface area contributed by atoms with Crippen molar-refractivity contribution in [3.8, 4) is 0 Å². The van der Waals surface area contributed by atoms with Gasteiger partial charge in [0.2, 0.25) is 0 Å². The predicted octanol–water partition coefficient (Wildman–Crippen LogP) is 3.69. The summed E-state index contributed by atoms with van der Waals surface area (Å²) in [6.45, 7) is 6.41. The molecule has 0 heterocycles. The number of nitrogens with two attached hydrogens (primary N) is 1. The summed E-state index contributed by atoms with van der Waals surface area (Å²) in [6.07, 6.45) is 6.92. The zero-order valence-electron chi connectivity index (χ0n) is 9.28. The van der Waals surface area contributed by atoms with Crippen LogP contribution in [0, 0.1) is 0 Å². The third-order valence-corrected chi connectivity index (χ3v) is 3.22. The topological polar surface area (TPSA) is 26.0 Å². The number of alkyl halides is 1. The molecule has 1 nitrogen and oxygen atoms in total. The van der Waals surface area contributed by atoms with Crippen LogP contribution in [0.2, 0.25) is 0 Å². The van der Waals surface area contributed by atoms with Gasteiger partial charge in [0, 0.05) is 10.9 Å². The van der Waals surface area contributed by atoms with Crippen LogP contribution in [0.25, 0.3) is 0 Å². The van der Waals surface area contributed by atoms with Crippen LogP contribution in [-0.4, -0.2) is 10.9 Å². The summed E-state index contributed by atoms with van der Waals surface area (Å²) in [5.41, 5.74) is 6.15. The Morgan fingerprint density at radius 3 is 1.77 bits per heavy atom. The number of halogens is 1. The highest BCUT2D eigenvalue weighted by Crippen LogP contribution is 2.25. The van der Waals surface area contributed by atoms with Gasteiger partial charge in [-0.3, -0.25) is 0 Å². The van der Waals surface area contributed by atoms with Crippen molar-refractivity contribution in [2.45, 2.75) is 70.2 Å². The van der Waals surface area contributed by atoms with E-state index in [1.807, 2.05) is 6.92 Å². The molecule has 0 aromatic heterocycles. The van der Waals surface area contributed by atoms with Crippen LogP contribution in [0.15, 0.2) is 0 Å². The van der Waals surface area contributed by atoms with E-state index in [4.69, 9.17) is 17.3 Å². The molecule has 80 valence electrons. The lowest BCUT2D eigenvalue weighted by Crippen LogP contribution is -2.47. The van der Waals surface area contributed by atoms with Crippen molar-refractivity contribution in [1.29, 1.82) is 0 Å². The summed E-state index contributed by atoms with van der Waals surface area (Å²) < 4.78 is 0. The molecule has 0 aromatic carbocycles. The zero-order chi connectivity index (χ0) is 10.3. The first-order chi connectivity index (χ1) is 6.06. The molecule has 0 saturated heterocycles. The molecule has 0 aliphatic rings. The number of unbranched alkanes of at least 4 members (excludes halogenated alkanes) is 2. The molecule has 1 unspecified atom stereocenters. The van der Waals surface area contributed by atoms with Crippen molar-refractivity contribution >= 4 is 11.6 Å². The second-order valence-electron chi connectivity index (χ2n) is 4.06. The Bertz CT molecular complexity index is 115. The fraction of sp³-hybridized carbons (Fsp3) is 1.00. The molecule has 2 heteroatoms. The van der Waals surface area contributed by atoms with Crippen molar-refractivity contribution in [2.75, 3.05) is 0 Å². The lowest BCUT2D eigenvalue weighted by molar-refractivity contribution is 0.338. The Morgan fingerprint density at radius 2 is 1.54 bits per heavy atom. The molecule has 0 radical (unpaired) electrons. The normalized spacial score (nSPS) is 14.5. The van der Waals surface area contributed by atoms with Gasteiger partial charge in [0.15, 0.2) is 0 Å². The van der Waals surface area contributed by atoms with Crippen LogP contribution < -0.4 is 5.73 Å². The van der Waals surface area contributed by atoms with Crippen molar-refractivity contribution in [1.82, 2.24) is 0 Å². The smallest absolute Gasteiger partial charge is 0.0487 e. The monoisotopic (exact) mass is 205 g/mol. The van der Waals surface area contributed by atoms with Gasteiger partial charge in [0.1, 0.15) is 0 Å². The molecular formula is C11H24ClN. The minimum atomic E-state index is -0.131. The van der Waals surface area contributed by atoms with Crippen LogP contribution in [0.5, 0.6) is 0 Å². The first kappa shape index (κ1) is 13.2. The maximum Gasteiger partial charge on any atom is 0.0487 e. The van der Waals surface area contributed by atoms with Gasteiger partial charge in [-0.25, -0.2) is 0 Å². The standard InChI is InChI=1S/C11H24ClN/c1-4-6-8-11(13,10(3)12)9-7-5-2/h10H,4-9,13H2,1-3H3. The van der Waals surface area contributed by atoms with E-state index >= 15 is 0 Å². The van der Waals surface area contributed by atoms with Gasteiger partial charge < -0.3 is 5.73 Å². The average molecular weight is 206 g/mol. The van der Waals surface area contributed by atoms with E-state index in [0.29, 0.717) is 0 Å². The van der Waals surface area contributed by atoms with Gasteiger partial charge in [0.25, 0.3) is 0 Å². The van der Waals surface area contributed by atoms with E-state index in [9.17, 15) is 0 Å². The lowest BCUT2D eigenvalue weighted by Gasteiger charge is -2.32. The maximum absolute atomic E-state index is 6.28. The van der Waals surface area contributed by atoms with E-state index in [0.717, 1.165) is 12.8 Å². The Hall–Kier alpha value is 0.250. The summed E-state index contributed by atoms with van der Waals surface area (Å²) in [6, 6.07) is 0. The second-order valence-corrected chi connectivity index (χ2v) is 4.71. The Kier molecular flexibility index (Phi) is 6.79. The number of rotatable bonds is 7. The van der Waals surface area contributed by atoms with E-state index in [2.05, 4.69) is 13.8 Å². The molecule has 13 heavy (non-hydrogen) atoms. The van der Waals surface area contributed by atoms with Crippen molar-refractivity contribution in [3.05, 3.63) is 0 Å². The predicted molar refractivity (Wildman–Crippen MR) is 61.3 cm³/mol. The van der Waals surface area contributed by atoms with Crippen molar-refractivity contribution in [3.63, 3.8) is 0 Å². The Balaban J connectivity index is 4.00. The van der Waals surface area contributed by atoms with E-state index in [1.54, 1.807) is 0 Å². The van der Waals surface area contributed by atoms with Crippen molar-refractivity contribution in [2.24, 2.45) is 5.73 Å². The van der Waals surface area contributed by atoms with Gasteiger partial charge >= 0.3 is 0 Å². The van der Waals surface area contributed by atoms with Crippen LogP contribution in [0.4, 0.5) is 0 Å². The average Bonchev–Trinajstić information content (AvgIpc) is 2.11. The molecular weight excluding hydrogens is 182 g/mol. The minimum absolute atomic E-state index is 0.0885. The van der Waals surface area contributed by atoms with Crippen LogP contribution in [0.1, 0.15) is 59.3 Å². The van der Waals surface area contributed by atoms with Crippen LogP contribution in [0.3, 0.4) is 0 Å². The highest BCUT2D eigenvalue weighted by Gasteiger charge is 2.28. The number of hydrogen-bond donors (Lipinski definition) is 1. The quantitative estimate of drug-likeness (QED) is 0.631. The van der Waals surface area contributed by atoms with E-state index in [-0.39, 0.29) is 10.9 Å².